The van der Waals surface area contributed by atoms with E-state index in [9.17, 15) is 0 Å². The van der Waals surface area contributed by atoms with Crippen molar-refractivity contribution in [2.75, 3.05) is 6.54 Å². The van der Waals surface area contributed by atoms with Gasteiger partial charge in [0.05, 0.1) is 0 Å². The Balaban J connectivity index is 2.10. The average Bonchev–Trinajstić information content (AvgIpc) is 2.44. The zero-order valence-corrected chi connectivity index (χ0v) is 12.7. The number of nitrogens with one attached hydrogen (secondary N) is 1. The van der Waals surface area contributed by atoms with Crippen LogP contribution in [0.25, 0.3) is 0 Å². The molecule has 0 saturated heterocycles. The molecule has 1 N–H and O–H groups in total. The minimum atomic E-state index is 0.339. The third kappa shape index (κ3) is 3.68. The van der Waals surface area contributed by atoms with Gasteiger partial charge in [0.15, 0.2) is 0 Å². The number of hydrogen-bond acceptors (Lipinski definition) is 4. The van der Waals surface area contributed by atoms with Crippen molar-refractivity contribution >= 4 is 11.6 Å². The first-order valence-corrected chi connectivity index (χ1v) is 6.94. The predicted molar refractivity (Wildman–Crippen MR) is 80.4 cm³/mol. The Labute approximate surface area is 124 Å². The van der Waals surface area contributed by atoms with Gasteiger partial charge in [0.1, 0.15) is 5.75 Å². The van der Waals surface area contributed by atoms with E-state index in [-0.39, 0.29) is 0 Å². The fourth-order valence-electron chi connectivity index (χ4n) is 1.83. The second-order valence-corrected chi connectivity index (χ2v) is 5.01. The minimum absolute atomic E-state index is 0.339. The summed E-state index contributed by atoms with van der Waals surface area (Å²) in [4.78, 5) is 8.40. The lowest BCUT2D eigenvalue weighted by molar-refractivity contribution is 0.440. The van der Waals surface area contributed by atoms with E-state index in [1.165, 1.54) is 0 Å². The number of hydrogen-bond donors (Lipinski definition) is 1. The number of rotatable bonds is 5. The van der Waals surface area contributed by atoms with Crippen LogP contribution in [0.4, 0.5) is 0 Å². The topological polar surface area (TPSA) is 47.0 Å². The highest BCUT2D eigenvalue weighted by molar-refractivity contribution is 6.32. The van der Waals surface area contributed by atoms with E-state index in [1.54, 1.807) is 12.4 Å². The van der Waals surface area contributed by atoms with E-state index in [4.69, 9.17) is 16.3 Å². The Bertz CT molecular complexity index is 561. The SMILES string of the molecule is CCNCc1cnc(Oc2cc(C)c(Cl)c(C)c2)nc1. The lowest BCUT2D eigenvalue weighted by Crippen LogP contribution is -2.12. The highest BCUT2D eigenvalue weighted by Crippen LogP contribution is 2.27. The van der Waals surface area contributed by atoms with Gasteiger partial charge in [-0.3, -0.25) is 0 Å². The van der Waals surface area contributed by atoms with Crippen LogP contribution in [0.1, 0.15) is 23.6 Å². The van der Waals surface area contributed by atoms with Gasteiger partial charge in [-0.05, 0) is 43.7 Å². The molecule has 20 heavy (non-hydrogen) atoms. The lowest BCUT2D eigenvalue weighted by atomic mass is 10.1. The molecule has 0 amide bonds. The molecule has 2 rings (SSSR count). The summed E-state index contributed by atoms with van der Waals surface area (Å²) >= 11 is 6.13. The van der Waals surface area contributed by atoms with Crippen molar-refractivity contribution in [1.82, 2.24) is 15.3 Å². The lowest BCUT2D eigenvalue weighted by Gasteiger charge is -2.08. The molecule has 5 heteroatoms. The molecule has 0 saturated carbocycles. The molecule has 1 aromatic heterocycles. The second kappa shape index (κ2) is 6.68. The largest absolute Gasteiger partial charge is 0.424 e. The molecule has 1 heterocycles. The normalized spacial score (nSPS) is 10.6. The van der Waals surface area contributed by atoms with Crippen molar-refractivity contribution < 1.29 is 4.74 Å². The van der Waals surface area contributed by atoms with E-state index in [0.717, 1.165) is 34.8 Å². The third-order valence-corrected chi connectivity index (χ3v) is 3.48. The number of halogens is 1. The summed E-state index contributed by atoms with van der Waals surface area (Å²) in [5.74, 6) is 0.698. The van der Waals surface area contributed by atoms with E-state index >= 15 is 0 Å². The Morgan fingerprint density at radius 2 is 1.75 bits per heavy atom. The van der Waals surface area contributed by atoms with E-state index in [0.29, 0.717) is 11.8 Å². The Kier molecular flexibility index (Phi) is 4.93. The van der Waals surface area contributed by atoms with Crippen molar-refractivity contribution in [3.05, 3.63) is 46.2 Å². The van der Waals surface area contributed by atoms with E-state index < -0.39 is 0 Å². The maximum atomic E-state index is 6.13. The number of nitrogens with zero attached hydrogens (tertiary/aromatic N) is 2. The first-order chi connectivity index (χ1) is 9.60. The number of ether oxygens (including phenoxy) is 1. The standard InChI is InChI=1S/C15H18ClN3O/c1-4-17-7-12-8-18-15(19-9-12)20-13-5-10(2)14(16)11(3)6-13/h5-6,8-9,17H,4,7H2,1-3H3. The van der Waals surface area contributed by atoms with Crippen molar-refractivity contribution in [2.24, 2.45) is 0 Å². The second-order valence-electron chi connectivity index (χ2n) is 4.63. The maximum absolute atomic E-state index is 6.13. The molecule has 2 aromatic rings. The van der Waals surface area contributed by atoms with Crippen molar-refractivity contribution in [3.8, 4) is 11.8 Å². The molecule has 4 nitrogen and oxygen atoms in total. The van der Waals surface area contributed by atoms with Gasteiger partial charge in [0, 0.05) is 29.5 Å². The van der Waals surface area contributed by atoms with Crippen LogP contribution < -0.4 is 10.1 Å². The molecule has 0 aliphatic carbocycles. The Morgan fingerprint density at radius 1 is 1.15 bits per heavy atom. The van der Waals surface area contributed by atoms with Gasteiger partial charge in [-0.15, -0.1) is 0 Å². The van der Waals surface area contributed by atoms with E-state index in [2.05, 4.69) is 22.2 Å². The molecule has 1 aromatic carbocycles. The zero-order chi connectivity index (χ0) is 14.5. The summed E-state index contributed by atoms with van der Waals surface area (Å²) in [7, 11) is 0. The van der Waals surface area contributed by atoms with Gasteiger partial charge in [-0.2, -0.15) is 0 Å². The smallest absolute Gasteiger partial charge is 0.321 e. The zero-order valence-electron chi connectivity index (χ0n) is 11.9. The van der Waals surface area contributed by atoms with E-state index in [1.807, 2.05) is 26.0 Å². The summed E-state index contributed by atoms with van der Waals surface area (Å²) in [5.41, 5.74) is 2.98. The average molecular weight is 292 g/mol. The summed E-state index contributed by atoms with van der Waals surface area (Å²) in [6.07, 6.45) is 3.53. The monoisotopic (exact) mass is 291 g/mol. The van der Waals surface area contributed by atoms with Gasteiger partial charge in [0.25, 0.3) is 0 Å². The summed E-state index contributed by atoms with van der Waals surface area (Å²) in [6.45, 7) is 7.63. The van der Waals surface area contributed by atoms with Crippen molar-refractivity contribution in [3.63, 3.8) is 0 Å². The van der Waals surface area contributed by atoms with Gasteiger partial charge >= 0.3 is 6.01 Å². The maximum Gasteiger partial charge on any atom is 0.321 e. The van der Waals surface area contributed by atoms with Gasteiger partial charge in [0.2, 0.25) is 0 Å². The molecule has 0 radical (unpaired) electrons. The van der Waals surface area contributed by atoms with Gasteiger partial charge in [-0.25, -0.2) is 9.97 Å². The molecular weight excluding hydrogens is 274 g/mol. The van der Waals surface area contributed by atoms with Crippen LogP contribution in [0, 0.1) is 13.8 Å². The molecule has 0 bridgehead atoms. The molecule has 0 atom stereocenters. The fourth-order valence-corrected chi connectivity index (χ4v) is 1.94. The third-order valence-electron chi connectivity index (χ3n) is 2.88. The summed E-state index contributed by atoms with van der Waals surface area (Å²) in [5, 5.41) is 3.98. The van der Waals surface area contributed by atoms with Crippen LogP contribution in [0.3, 0.4) is 0 Å². The number of benzene rings is 1. The van der Waals surface area contributed by atoms with Crippen LogP contribution in [-0.4, -0.2) is 16.5 Å². The summed E-state index contributed by atoms with van der Waals surface area (Å²) < 4.78 is 5.65. The predicted octanol–water partition coefficient (Wildman–Crippen LogP) is 3.65. The van der Waals surface area contributed by atoms with Gasteiger partial charge < -0.3 is 10.1 Å². The fraction of sp³-hybridized carbons (Fsp3) is 0.333. The highest BCUT2D eigenvalue weighted by atomic mass is 35.5. The molecule has 0 fully saturated rings. The van der Waals surface area contributed by atoms with Crippen molar-refractivity contribution in [1.29, 1.82) is 0 Å². The Hall–Kier alpha value is -1.65. The van der Waals surface area contributed by atoms with Crippen LogP contribution in [0.5, 0.6) is 11.8 Å². The first kappa shape index (κ1) is 14.8. The van der Waals surface area contributed by atoms with Crippen LogP contribution in [-0.2, 0) is 6.54 Å². The number of aryl methyl sites for hydroxylation is 2. The summed E-state index contributed by atoms with van der Waals surface area (Å²) in [6, 6.07) is 4.10. The molecule has 0 unspecified atom stereocenters. The minimum Gasteiger partial charge on any atom is -0.424 e. The molecule has 106 valence electrons. The van der Waals surface area contributed by atoms with Crippen LogP contribution in [0.15, 0.2) is 24.5 Å². The molecule has 0 aliphatic heterocycles. The quantitative estimate of drug-likeness (QED) is 0.913. The van der Waals surface area contributed by atoms with Crippen LogP contribution >= 0.6 is 11.6 Å². The molecule has 0 spiro atoms. The van der Waals surface area contributed by atoms with Crippen LogP contribution in [0.2, 0.25) is 5.02 Å². The molecule has 0 aliphatic rings. The number of aromatic nitrogens is 2. The van der Waals surface area contributed by atoms with Crippen molar-refractivity contribution in [2.45, 2.75) is 27.3 Å². The highest BCUT2D eigenvalue weighted by Gasteiger charge is 2.06. The Morgan fingerprint density at radius 3 is 2.30 bits per heavy atom. The molecular formula is C15H18ClN3O. The van der Waals surface area contributed by atoms with Gasteiger partial charge in [-0.1, -0.05) is 18.5 Å². The first-order valence-electron chi connectivity index (χ1n) is 6.56.